The molecule has 2 nitrogen and oxygen atoms in total. The second-order valence-corrected chi connectivity index (χ2v) is 6.61. The van der Waals surface area contributed by atoms with Crippen molar-refractivity contribution >= 4 is 11.3 Å². The van der Waals surface area contributed by atoms with Gasteiger partial charge in [0.25, 0.3) is 0 Å². The van der Waals surface area contributed by atoms with Gasteiger partial charge < -0.3 is 10.1 Å². The van der Waals surface area contributed by atoms with E-state index in [4.69, 9.17) is 4.74 Å². The van der Waals surface area contributed by atoms with Crippen molar-refractivity contribution in [1.82, 2.24) is 5.32 Å². The third-order valence-corrected chi connectivity index (χ3v) is 5.39. The van der Waals surface area contributed by atoms with Crippen molar-refractivity contribution in [2.75, 3.05) is 14.2 Å². The predicted molar refractivity (Wildman–Crippen MR) is 78.2 cm³/mol. The van der Waals surface area contributed by atoms with Crippen LogP contribution in [0.1, 0.15) is 37.5 Å². The molecule has 0 bridgehead atoms. The van der Waals surface area contributed by atoms with E-state index in [1.54, 1.807) is 0 Å². The Hall–Kier alpha value is -0.380. The summed E-state index contributed by atoms with van der Waals surface area (Å²) in [5, 5.41) is 5.66. The summed E-state index contributed by atoms with van der Waals surface area (Å²) in [4.78, 5) is 1.45. The molecule has 3 heteroatoms. The molecule has 1 saturated carbocycles. The maximum Gasteiger partial charge on any atom is 0.0834 e. The van der Waals surface area contributed by atoms with Gasteiger partial charge in [-0.2, -0.15) is 0 Å². The molecule has 18 heavy (non-hydrogen) atoms. The summed E-state index contributed by atoms with van der Waals surface area (Å²) in [6.45, 7) is 2.35. The lowest BCUT2D eigenvalue weighted by Gasteiger charge is -2.44. The van der Waals surface area contributed by atoms with Crippen LogP contribution in [0.5, 0.6) is 0 Å². The summed E-state index contributed by atoms with van der Waals surface area (Å²) in [6.07, 6.45) is 6.02. The third-order valence-electron chi connectivity index (χ3n) is 4.50. The van der Waals surface area contributed by atoms with Crippen LogP contribution in [0.2, 0.25) is 0 Å². The van der Waals surface area contributed by atoms with E-state index in [2.05, 4.69) is 36.8 Å². The Balaban J connectivity index is 2.08. The van der Waals surface area contributed by atoms with E-state index in [0.717, 1.165) is 12.3 Å². The smallest absolute Gasteiger partial charge is 0.0834 e. The van der Waals surface area contributed by atoms with Crippen LogP contribution < -0.4 is 5.32 Å². The normalized spacial score (nSPS) is 30.3. The molecule has 102 valence electrons. The molecule has 1 atom stereocenters. The van der Waals surface area contributed by atoms with E-state index in [1.807, 2.05) is 18.4 Å². The molecule has 0 amide bonds. The summed E-state index contributed by atoms with van der Waals surface area (Å²) in [7, 11) is 3.95. The number of likely N-dealkylation sites (N-methyl/N-ethyl adjacent to an activating group) is 1. The van der Waals surface area contributed by atoms with Crippen molar-refractivity contribution in [2.45, 2.75) is 50.7 Å². The maximum absolute atomic E-state index is 5.97. The van der Waals surface area contributed by atoms with E-state index >= 15 is 0 Å². The number of ether oxygens (including phenoxy) is 1. The minimum absolute atomic E-state index is 0.0330. The molecule has 1 aromatic heterocycles. The number of hydrogen-bond acceptors (Lipinski definition) is 3. The molecule has 0 saturated heterocycles. The Kier molecular flexibility index (Phi) is 4.82. The first-order valence-corrected chi connectivity index (χ1v) is 7.83. The van der Waals surface area contributed by atoms with Crippen molar-refractivity contribution < 1.29 is 4.74 Å². The van der Waals surface area contributed by atoms with E-state index < -0.39 is 0 Å². The highest BCUT2D eigenvalue weighted by molar-refractivity contribution is 7.09. The Bertz CT molecular complexity index is 341. The summed E-state index contributed by atoms with van der Waals surface area (Å²) in [6, 6.07) is 4.78. The number of methoxy groups -OCH3 is 1. The number of thiophene rings is 1. The Morgan fingerprint density at radius 2 is 2.22 bits per heavy atom. The predicted octanol–water partition coefficient (Wildman–Crippen LogP) is 3.47. The Morgan fingerprint density at radius 1 is 1.50 bits per heavy atom. The van der Waals surface area contributed by atoms with Gasteiger partial charge in [-0.05, 0) is 56.5 Å². The molecular formula is C15H25NOS. The first-order chi connectivity index (χ1) is 8.70. The summed E-state index contributed by atoms with van der Waals surface area (Å²) < 4.78 is 5.97. The van der Waals surface area contributed by atoms with Gasteiger partial charge in [0.2, 0.25) is 0 Å². The molecular weight excluding hydrogens is 242 g/mol. The van der Waals surface area contributed by atoms with Gasteiger partial charge in [-0.25, -0.2) is 0 Å². The Labute approximate surface area is 115 Å². The standard InChI is InChI=1S/C15H25NOS/c1-12-6-8-15(17-3,9-7-12)14(16-2)11-13-5-4-10-18-13/h4-5,10,12,14,16H,6-9,11H2,1-3H3. The molecule has 1 heterocycles. The highest BCUT2D eigenvalue weighted by Gasteiger charge is 2.40. The number of hydrogen-bond donors (Lipinski definition) is 1. The average molecular weight is 267 g/mol. The largest absolute Gasteiger partial charge is 0.377 e. The minimum atomic E-state index is 0.0330. The molecule has 0 spiro atoms. The van der Waals surface area contributed by atoms with Crippen LogP contribution in [0, 0.1) is 5.92 Å². The van der Waals surface area contributed by atoms with E-state index in [0.29, 0.717) is 6.04 Å². The molecule has 0 aromatic carbocycles. The highest BCUT2D eigenvalue weighted by atomic mass is 32.1. The molecule has 1 aliphatic carbocycles. The third kappa shape index (κ3) is 2.95. The number of nitrogens with one attached hydrogen (secondary N) is 1. The van der Waals surface area contributed by atoms with Crippen LogP contribution in [0.3, 0.4) is 0 Å². The molecule has 0 aliphatic heterocycles. The lowest BCUT2D eigenvalue weighted by molar-refractivity contribution is -0.0729. The quantitative estimate of drug-likeness (QED) is 0.882. The van der Waals surface area contributed by atoms with Gasteiger partial charge in [0, 0.05) is 18.0 Å². The summed E-state index contributed by atoms with van der Waals surface area (Å²) in [5.41, 5.74) is 0.0330. The van der Waals surface area contributed by atoms with Gasteiger partial charge in [0.1, 0.15) is 0 Å². The summed E-state index contributed by atoms with van der Waals surface area (Å²) in [5.74, 6) is 0.854. The van der Waals surface area contributed by atoms with Crippen molar-refractivity contribution in [2.24, 2.45) is 5.92 Å². The molecule has 1 N–H and O–H groups in total. The van der Waals surface area contributed by atoms with Crippen LogP contribution in [-0.2, 0) is 11.2 Å². The second-order valence-electron chi connectivity index (χ2n) is 5.58. The van der Waals surface area contributed by atoms with Crippen molar-refractivity contribution in [3.63, 3.8) is 0 Å². The topological polar surface area (TPSA) is 21.3 Å². The fourth-order valence-electron chi connectivity index (χ4n) is 3.13. The molecule has 0 radical (unpaired) electrons. The molecule has 2 rings (SSSR count). The summed E-state index contributed by atoms with van der Waals surface area (Å²) >= 11 is 1.84. The van der Waals surface area contributed by atoms with Crippen molar-refractivity contribution in [3.05, 3.63) is 22.4 Å². The Morgan fingerprint density at radius 3 is 2.72 bits per heavy atom. The van der Waals surface area contributed by atoms with Crippen LogP contribution >= 0.6 is 11.3 Å². The van der Waals surface area contributed by atoms with Gasteiger partial charge in [0.15, 0.2) is 0 Å². The van der Waals surface area contributed by atoms with E-state index in [1.165, 1.54) is 30.6 Å². The van der Waals surface area contributed by atoms with Gasteiger partial charge >= 0.3 is 0 Å². The van der Waals surface area contributed by atoms with Gasteiger partial charge in [0.05, 0.1) is 5.60 Å². The zero-order chi connectivity index (χ0) is 13.0. The van der Waals surface area contributed by atoms with Crippen LogP contribution in [-0.4, -0.2) is 25.8 Å². The van der Waals surface area contributed by atoms with Crippen molar-refractivity contribution in [1.29, 1.82) is 0 Å². The molecule has 1 aliphatic rings. The minimum Gasteiger partial charge on any atom is -0.377 e. The second kappa shape index (κ2) is 6.18. The van der Waals surface area contributed by atoms with Gasteiger partial charge in [-0.3, -0.25) is 0 Å². The van der Waals surface area contributed by atoms with Gasteiger partial charge in [-0.15, -0.1) is 11.3 Å². The molecule has 1 unspecified atom stereocenters. The van der Waals surface area contributed by atoms with Crippen LogP contribution in [0.25, 0.3) is 0 Å². The fourth-order valence-corrected chi connectivity index (χ4v) is 3.88. The van der Waals surface area contributed by atoms with Crippen LogP contribution in [0.4, 0.5) is 0 Å². The lowest BCUT2D eigenvalue weighted by atomic mass is 9.74. The molecule has 1 aromatic rings. The first-order valence-electron chi connectivity index (χ1n) is 6.95. The van der Waals surface area contributed by atoms with E-state index in [-0.39, 0.29) is 5.60 Å². The van der Waals surface area contributed by atoms with Crippen LogP contribution in [0.15, 0.2) is 17.5 Å². The number of rotatable bonds is 5. The van der Waals surface area contributed by atoms with Crippen molar-refractivity contribution in [3.8, 4) is 0 Å². The molecule has 1 fully saturated rings. The zero-order valence-corrected chi connectivity index (χ0v) is 12.6. The van der Waals surface area contributed by atoms with Gasteiger partial charge in [-0.1, -0.05) is 13.0 Å². The monoisotopic (exact) mass is 267 g/mol. The fraction of sp³-hybridized carbons (Fsp3) is 0.733. The maximum atomic E-state index is 5.97. The first kappa shape index (κ1) is 14.0. The SMILES string of the molecule is CNC(Cc1cccs1)C1(OC)CCC(C)CC1. The highest BCUT2D eigenvalue weighted by Crippen LogP contribution is 2.38. The lowest BCUT2D eigenvalue weighted by Crippen LogP contribution is -2.53. The van der Waals surface area contributed by atoms with E-state index in [9.17, 15) is 0 Å². The zero-order valence-electron chi connectivity index (χ0n) is 11.7. The average Bonchev–Trinajstić information content (AvgIpc) is 2.90.